The number of aryl methyl sites for hydroxylation is 1. The molecule has 6 nitrogen and oxygen atoms in total. The van der Waals surface area contributed by atoms with Crippen molar-refractivity contribution in [3.05, 3.63) is 105 Å². The number of allylic oxidation sites excluding steroid dienone is 1. The fourth-order valence-corrected chi connectivity index (χ4v) is 4.84. The second-order valence-corrected chi connectivity index (χ2v) is 9.70. The molecule has 0 fully saturated rings. The van der Waals surface area contributed by atoms with Gasteiger partial charge in [0, 0.05) is 24.8 Å². The number of anilines is 1. The molecule has 1 N–H and O–H groups in total. The zero-order valence-corrected chi connectivity index (χ0v) is 20.6. The molecule has 5 rings (SSSR count). The monoisotopic (exact) mass is 491 g/mol. The minimum Gasteiger partial charge on any atom is -0.300 e. The smallest absolute Gasteiger partial charge is 0.230 e. The molecule has 2 aromatic carbocycles. The van der Waals surface area contributed by atoms with E-state index < -0.39 is 0 Å². The average Bonchev–Trinajstić information content (AvgIpc) is 3.50. The lowest BCUT2D eigenvalue weighted by Gasteiger charge is -2.01. The van der Waals surface area contributed by atoms with E-state index in [-0.39, 0.29) is 5.91 Å². The fourth-order valence-electron chi connectivity index (χ4n) is 4.04. The molecule has 1 aliphatic rings. The summed E-state index contributed by atoms with van der Waals surface area (Å²) in [5.74, 6) is 6.24. The van der Waals surface area contributed by atoms with Gasteiger partial charge in [0.15, 0.2) is 0 Å². The summed E-state index contributed by atoms with van der Waals surface area (Å²) >= 11 is 1.41. The molecular formula is C29H25N5OS. The van der Waals surface area contributed by atoms with Crippen molar-refractivity contribution in [1.82, 2.24) is 20.4 Å². The van der Waals surface area contributed by atoms with Crippen LogP contribution < -0.4 is 5.32 Å². The highest BCUT2D eigenvalue weighted by molar-refractivity contribution is 7.15. The van der Waals surface area contributed by atoms with Crippen LogP contribution >= 0.6 is 11.3 Å². The van der Waals surface area contributed by atoms with Gasteiger partial charge in [-0.25, -0.2) is 0 Å². The summed E-state index contributed by atoms with van der Waals surface area (Å²) < 4.78 is 0. The first kappa shape index (κ1) is 23.6. The summed E-state index contributed by atoms with van der Waals surface area (Å²) in [5, 5.41) is 21.2. The summed E-state index contributed by atoms with van der Waals surface area (Å²) in [6.07, 6.45) is 6.67. The number of carbonyl (C=O) groups excluding carboxylic acids is 1. The topological polar surface area (TPSA) is 80.7 Å². The highest BCUT2D eigenvalue weighted by Crippen LogP contribution is 2.25. The van der Waals surface area contributed by atoms with Gasteiger partial charge in [-0.2, -0.15) is 5.10 Å². The number of fused-ring (bicyclic) bond motifs is 1. The van der Waals surface area contributed by atoms with E-state index in [9.17, 15) is 4.79 Å². The van der Waals surface area contributed by atoms with Gasteiger partial charge in [-0.05, 0) is 36.0 Å². The van der Waals surface area contributed by atoms with Gasteiger partial charge in [-0.15, -0.1) is 15.3 Å². The number of aromatic nitrogens is 4. The van der Waals surface area contributed by atoms with Gasteiger partial charge in [0.2, 0.25) is 11.0 Å². The molecule has 0 saturated carbocycles. The summed E-state index contributed by atoms with van der Waals surface area (Å²) in [5.41, 5.74) is 6.47. The normalized spacial score (nSPS) is 11.8. The molecule has 0 radical (unpaired) electrons. The quantitative estimate of drug-likeness (QED) is 0.275. The third kappa shape index (κ3) is 6.49. The molecule has 0 saturated heterocycles. The van der Waals surface area contributed by atoms with Crippen LogP contribution in [0.4, 0.5) is 5.13 Å². The number of benzene rings is 2. The average molecular weight is 492 g/mol. The van der Waals surface area contributed by atoms with Crippen LogP contribution in [0.25, 0.3) is 6.08 Å². The van der Waals surface area contributed by atoms with Crippen LogP contribution in [0.15, 0.2) is 72.3 Å². The van der Waals surface area contributed by atoms with Crippen molar-refractivity contribution in [2.45, 2.75) is 38.5 Å². The number of unbranched alkanes of at least 4 members (excludes halogenated alkanes) is 1. The SMILES string of the molecule is O=C(Cc1ccccc1)Nc1nnc(CCCC#Cc2cc3c(nn2)CC(Cc2ccccc2)=C3)s1. The van der Waals surface area contributed by atoms with Gasteiger partial charge >= 0.3 is 0 Å². The lowest BCUT2D eigenvalue weighted by Crippen LogP contribution is -2.14. The van der Waals surface area contributed by atoms with Crippen LogP contribution in [0.5, 0.6) is 0 Å². The Balaban J connectivity index is 1.08. The zero-order valence-electron chi connectivity index (χ0n) is 19.8. The third-order valence-corrected chi connectivity index (χ3v) is 6.66. The lowest BCUT2D eigenvalue weighted by atomic mass is 10.0. The number of hydrogen-bond donors (Lipinski definition) is 1. The van der Waals surface area contributed by atoms with Crippen LogP contribution in [-0.2, 0) is 30.5 Å². The molecule has 2 aromatic heterocycles. The number of carbonyl (C=O) groups is 1. The standard InChI is InChI=1S/C29H25N5OS/c35-27(19-22-12-6-2-7-13-22)30-29-34-33-28(36-29)15-9-3-8-14-25-20-24-17-23(18-26(24)32-31-25)16-21-10-4-1-5-11-21/h1-2,4-7,10-13,17,20H,3,9,15-16,18-19H2,(H,30,34,35). The van der Waals surface area contributed by atoms with Gasteiger partial charge in [0.05, 0.1) is 12.1 Å². The molecule has 36 heavy (non-hydrogen) atoms. The predicted octanol–water partition coefficient (Wildman–Crippen LogP) is 5.07. The maximum Gasteiger partial charge on any atom is 0.230 e. The number of amides is 1. The van der Waals surface area contributed by atoms with E-state index in [1.807, 2.05) is 42.5 Å². The number of nitrogens with zero attached hydrogens (tertiary/aromatic N) is 4. The lowest BCUT2D eigenvalue weighted by molar-refractivity contribution is -0.115. The Labute approximate surface area is 214 Å². The molecule has 178 valence electrons. The molecule has 2 heterocycles. The Morgan fingerprint density at radius 3 is 2.53 bits per heavy atom. The van der Waals surface area contributed by atoms with Gasteiger partial charge in [-0.3, -0.25) is 4.79 Å². The molecule has 0 aliphatic heterocycles. The van der Waals surface area contributed by atoms with Crippen LogP contribution in [-0.4, -0.2) is 26.3 Å². The Bertz CT molecular complexity index is 1430. The number of rotatable bonds is 8. The van der Waals surface area contributed by atoms with Gasteiger partial charge < -0.3 is 5.32 Å². The van der Waals surface area contributed by atoms with E-state index in [0.717, 1.165) is 53.9 Å². The summed E-state index contributed by atoms with van der Waals surface area (Å²) in [7, 11) is 0. The largest absolute Gasteiger partial charge is 0.300 e. The Kier molecular flexibility index (Phi) is 7.55. The molecule has 0 spiro atoms. The fraction of sp³-hybridized carbons (Fsp3) is 0.207. The van der Waals surface area contributed by atoms with E-state index in [2.05, 4.69) is 67.9 Å². The van der Waals surface area contributed by atoms with E-state index in [1.165, 1.54) is 22.5 Å². The van der Waals surface area contributed by atoms with Crippen LogP contribution in [0.2, 0.25) is 0 Å². The van der Waals surface area contributed by atoms with Crippen molar-refractivity contribution in [2.24, 2.45) is 0 Å². The highest BCUT2D eigenvalue weighted by Gasteiger charge is 2.15. The minimum absolute atomic E-state index is 0.0905. The second-order valence-electron chi connectivity index (χ2n) is 8.64. The van der Waals surface area contributed by atoms with Crippen molar-refractivity contribution >= 4 is 28.5 Å². The van der Waals surface area contributed by atoms with Gasteiger partial charge in [0.1, 0.15) is 10.7 Å². The minimum atomic E-state index is -0.0905. The van der Waals surface area contributed by atoms with Crippen LogP contribution in [0, 0.1) is 11.8 Å². The first-order valence-electron chi connectivity index (χ1n) is 12.0. The molecule has 1 amide bonds. The van der Waals surface area contributed by atoms with Crippen LogP contribution in [0.1, 0.15) is 45.9 Å². The van der Waals surface area contributed by atoms with Gasteiger partial charge in [0.25, 0.3) is 0 Å². The highest BCUT2D eigenvalue weighted by atomic mass is 32.1. The second kappa shape index (κ2) is 11.5. The third-order valence-electron chi connectivity index (χ3n) is 5.76. The first-order valence-corrected chi connectivity index (χ1v) is 12.8. The van der Waals surface area contributed by atoms with Gasteiger partial charge in [-0.1, -0.05) is 89.6 Å². The maximum atomic E-state index is 12.2. The molecular weight excluding hydrogens is 466 g/mol. The van der Waals surface area contributed by atoms with Crippen molar-refractivity contribution in [3.8, 4) is 11.8 Å². The first-order chi connectivity index (χ1) is 17.7. The molecule has 0 unspecified atom stereocenters. The summed E-state index contributed by atoms with van der Waals surface area (Å²) in [6, 6.07) is 22.1. The number of hydrogen-bond acceptors (Lipinski definition) is 6. The Morgan fingerprint density at radius 2 is 1.72 bits per heavy atom. The van der Waals surface area contributed by atoms with Crippen LogP contribution in [0.3, 0.4) is 0 Å². The van der Waals surface area contributed by atoms with Crippen molar-refractivity contribution in [1.29, 1.82) is 0 Å². The predicted molar refractivity (Wildman–Crippen MR) is 142 cm³/mol. The molecule has 1 aliphatic carbocycles. The maximum absolute atomic E-state index is 12.2. The van der Waals surface area contributed by atoms with E-state index >= 15 is 0 Å². The van der Waals surface area contributed by atoms with Crippen molar-refractivity contribution in [2.75, 3.05) is 5.32 Å². The molecule has 0 bridgehead atoms. The Morgan fingerprint density at radius 1 is 0.944 bits per heavy atom. The van der Waals surface area contributed by atoms with E-state index in [0.29, 0.717) is 17.2 Å². The number of nitrogens with one attached hydrogen (secondary N) is 1. The van der Waals surface area contributed by atoms with E-state index in [1.54, 1.807) is 0 Å². The zero-order chi connectivity index (χ0) is 24.6. The van der Waals surface area contributed by atoms with Crippen molar-refractivity contribution < 1.29 is 4.79 Å². The molecule has 4 aromatic rings. The Hall–Kier alpha value is -4.15. The van der Waals surface area contributed by atoms with E-state index in [4.69, 9.17) is 0 Å². The molecule has 7 heteroatoms. The molecule has 0 atom stereocenters. The summed E-state index contributed by atoms with van der Waals surface area (Å²) in [4.78, 5) is 12.2. The summed E-state index contributed by atoms with van der Waals surface area (Å²) in [6.45, 7) is 0. The van der Waals surface area contributed by atoms with Crippen molar-refractivity contribution in [3.63, 3.8) is 0 Å².